The standard InChI is InChI=1S/C17H28N4O8/c1-8(2)13(18)16(27)21-5-3-4-11(21)15(26)20-10(7-22)14(25)19-9(17(28)29)6-12(23)24/h8-11,13,22H,3-7,18H2,1-2H3,(H,19,25)(H,20,26)(H,23,24)(H,28,29). The van der Waals surface area contributed by atoms with Crippen LogP contribution in [0.15, 0.2) is 0 Å². The molecule has 0 aliphatic carbocycles. The van der Waals surface area contributed by atoms with Crippen molar-refractivity contribution in [3.05, 3.63) is 0 Å². The molecule has 0 radical (unpaired) electrons. The summed E-state index contributed by atoms with van der Waals surface area (Å²) in [6.07, 6.45) is 0.0361. The fourth-order valence-corrected chi connectivity index (χ4v) is 2.89. The first-order chi connectivity index (χ1) is 13.5. The van der Waals surface area contributed by atoms with E-state index in [0.29, 0.717) is 19.4 Å². The summed E-state index contributed by atoms with van der Waals surface area (Å²) in [5.41, 5.74) is 5.87. The van der Waals surface area contributed by atoms with Gasteiger partial charge in [-0.05, 0) is 18.8 Å². The van der Waals surface area contributed by atoms with E-state index in [-0.39, 0.29) is 5.92 Å². The third kappa shape index (κ3) is 6.68. The number of amides is 3. The summed E-state index contributed by atoms with van der Waals surface area (Å²) >= 11 is 0. The number of likely N-dealkylation sites (tertiary alicyclic amines) is 1. The second-order valence-corrected chi connectivity index (χ2v) is 7.20. The lowest BCUT2D eigenvalue weighted by Gasteiger charge is -2.29. The first kappa shape index (κ1) is 24.3. The fourth-order valence-electron chi connectivity index (χ4n) is 2.89. The number of nitrogens with zero attached hydrogens (tertiary/aromatic N) is 1. The second-order valence-electron chi connectivity index (χ2n) is 7.20. The number of aliphatic carboxylic acids is 2. The smallest absolute Gasteiger partial charge is 0.326 e. The van der Waals surface area contributed by atoms with Crippen molar-refractivity contribution in [2.24, 2.45) is 11.7 Å². The molecule has 1 saturated heterocycles. The maximum absolute atomic E-state index is 12.6. The van der Waals surface area contributed by atoms with Crippen molar-refractivity contribution in [2.45, 2.75) is 57.3 Å². The molecule has 1 aliphatic heterocycles. The summed E-state index contributed by atoms with van der Waals surface area (Å²) in [4.78, 5) is 60.4. The highest BCUT2D eigenvalue weighted by molar-refractivity contribution is 5.95. The van der Waals surface area contributed by atoms with Gasteiger partial charge in [-0.1, -0.05) is 13.8 Å². The molecule has 4 unspecified atom stereocenters. The predicted octanol–water partition coefficient (Wildman–Crippen LogP) is -2.52. The molecular weight excluding hydrogens is 388 g/mol. The van der Waals surface area contributed by atoms with Crippen LogP contribution >= 0.6 is 0 Å². The van der Waals surface area contributed by atoms with E-state index in [4.69, 9.17) is 15.9 Å². The Morgan fingerprint density at radius 2 is 1.72 bits per heavy atom. The number of carboxylic acid groups (broad SMARTS) is 2. The lowest BCUT2D eigenvalue weighted by atomic mass is 10.0. The summed E-state index contributed by atoms with van der Waals surface area (Å²) in [6.45, 7) is 3.03. The van der Waals surface area contributed by atoms with Crippen LogP contribution < -0.4 is 16.4 Å². The summed E-state index contributed by atoms with van der Waals surface area (Å²) < 4.78 is 0. The molecule has 164 valence electrons. The highest BCUT2D eigenvalue weighted by atomic mass is 16.4. The molecule has 3 amide bonds. The molecule has 1 heterocycles. The maximum Gasteiger partial charge on any atom is 0.326 e. The molecule has 12 nitrogen and oxygen atoms in total. The van der Waals surface area contributed by atoms with Gasteiger partial charge in [-0.2, -0.15) is 0 Å². The monoisotopic (exact) mass is 416 g/mol. The van der Waals surface area contributed by atoms with E-state index in [1.165, 1.54) is 4.90 Å². The van der Waals surface area contributed by atoms with Crippen LogP contribution in [-0.2, 0) is 24.0 Å². The van der Waals surface area contributed by atoms with E-state index in [0.717, 1.165) is 0 Å². The van der Waals surface area contributed by atoms with E-state index >= 15 is 0 Å². The normalized spacial score (nSPS) is 19.3. The molecule has 0 aromatic rings. The highest BCUT2D eigenvalue weighted by Gasteiger charge is 2.38. The van der Waals surface area contributed by atoms with Crippen LogP contribution in [0, 0.1) is 5.92 Å². The minimum absolute atomic E-state index is 0.134. The third-order valence-corrected chi connectivity index (χ3v) is 4.65. The Morgan fingerprint density at radius 1 is 1.10 bits per heavy atom. The number of carbonyl (C=O) groups excluding carboxylic acids is 3. The Hall–Kier alpha value is -2.73. The molecule has 4 atom stereocenters. The van der Waals surface area contributed by atoms with Gasteiger partial charge in [-0.3, -0.25) is 19.2 Å². The Bertz CT molecular complexity index is 653. The van der Waals surface area contributed by atoms with Gasteiger partial charge < -0.3 is 36.6 Å². The van der Waals surface area contributed by atoms with Gasteiger partial charge in [-0.15, -0.1) is 0 Å². The van der Waals surface area contributed by atoms with Gasteiger partial charge in [0.2, 0.25) is 17.7 Å². The van der Waals surface area contributed by atoms with Crippen molar-refractivity contribution >= 4 is 29.7 Å². The van der Waals surface area contributed by atoms with Crippen molar-refractivity contribution in [1.29, 1.82) is 0 Å². The molecule has 0 saturated carbocycles. The molecule has 1 rings (SSSR count). The highest BCUT2D eigenvalue weighted by Crippen LogP contribution is 2.20. The topological polar surface area (TPSA) is 199 Å². The largest absolute Gasteiger partial charge is 0.481 e. The van der Waals surface area contributed by atoms with Gasteiger partial charge in [0.05, 0.1) is 19.1 Å². The summed E-state index contributed by atoms with van der Waals surface area (Å²) in [5.74, 6) is -5.28. The number of nitrogens with one attached hydrogen (secondary N) is 2. The molecular formula is C17H28N4O8. The van der Waals surface area contributed by atoms with Crippen LogP contribution in [0.25, 0.3) is 0 Å². The number of hydrogen-bond donors (Lipinski definition) is 6. The Kier molecular flexibility index (Phi) is 8.98. The molecule has 0 spiro atoms. The van der Waals surface area contributed by atoms with Crippen LogP contribution in [0.5, 0.6) is 0 Å². The van der Waals surface area contributed by atoms with Crippen LogP contribution in [0.1, 0.15) is 33.1 Å². The van der Waals surface area contributed by atoms with Crippen molar-refractivity contribution in [1.82, 2.24) is 15.5 Å². The lowest BCUT2D eigenvalue weighted by Crippen LogP contribution is -2.58. The van der Waals surface area contributed by atoms with Gasteiger partial charge in [0.25, 0.3) is 0 Å². The van der Waals surface area contributed by atoms with Crippen LogP contribution in [0.3, 0.4) is 0 Å². The molecule has 7 N–H and O–H groups in total. The van der Waals surface area contributed by atoms with Gasteiger partial charge in [-0.25, -0.2) is 4.79 Å². The fraction of sp³-hybridized carbons (Fsp3) is 0.706. The second kappa shape index (κ2) is 10.7. The third-order valence-electron chi connectivity index (χ3n) is 4.65. The zero-order valence-corrected chi connectivity index (χ0v) is 16.3. The van der Waals surface area contributed by atoms with Crippen LogP contribution in [0.4, 0.5) is 0 Å². The minimum Gasteiger partial charge on any atom is -0.481 e. The van der Waals surface area contributed by atoms with Crippen molar-refractivity contribution in [3.63, 3.8) is 0 Å². The number of carboxylic acids is 2. The average Bonchev–Trinajstić information content (AvgIpc) is 3.13. The molecule has 0 aromatic carbocycles. The quantitative estimate of drug-likeness (QED) is 0.222. The zero-order valence-electron chi connectivity index (χ0n) is 16.3. The SMILES string of the molecule is CC(C)C(N)C(=O)N1CCCC1C(=O)NC(CO)C(=O)NC(CC(=O)O)C(=O)O. The summed E-state index contributed by atoms with van der Waals surface area (Å²) in [6, 6.07) is -4.88. The van der Waals surface area contributed by atoms with Crippen molar-refractivity contribution < 1.29 is 39.3 Å². The molecule has 12 heteroatoms. The molecule has 1 aliphatic rings. The van der Waals surface area contributed by atoms with Gasteiger partial charge in [0, 0.05) is 6.54 Å². The minimum atomic E-state index is -1.72. The number of aliphatic hydroxyl groups excluding tert-OH is 1. The average molecular weight is 416 g/mol. The van der Waals surface area contributed by atoms with E-state index in [1.54, 1.807) is 13.8 Å². The molecule has 29 heavy (non-hydrogen) atoms. The number of carbonyl (C=O) groups is 5. The molecule has 0 aromatic heterocycles. The van der Waals surface area contributed by atoms with E-state index in [9.17, 15) is 29.1 Å². The summed E-state index contributed by atoms with van der Waals surface area (Å²) in [5, 5.41) is 31.4. The van der Waals surface area contributed by atoms with Gasteiger partial charge >= 0.3 is 11.9 Å². The van der Waals surface area contributed by atoms with Crippen molar-refractivity contribution in [2.75, 3.05) is 13.2 Å². The number of aliphatic hydroxyl groups is 1. The maximum atomic E-state index is 12.6. The predicted molar refractivity (Wildman–Crippen MR) is 98.4 cm³/mol. The van der Waals surface area contributed by atoms with Crippen LogP contribution in [-0.4, -0.2) is 87.2 Å². The van der Waals surface area contributed by atoms with E-state index < -0.39 is 66.9 Å². The number of rotatable bonds is 10. The molecule has 0 bridgehead atoms. The lowest BCUT2D eigenvalue weighted by molar-refractivity contribution is -0.147. The first-order valence-corrected chi connectivity index (χ1v) is 9.21. The summed E-state index contributed by atoms with van der Waals surface area (Å²) in [7, 11) is 0. The van der Waals surface area contributed by atoms with E-state index in [2.05, 4.69) is 5.32 Å². The van der Waals surface area contributed by atoms with Gasteiger partial charge in [0.1, 0.15) is 18.1 Å². The number of nitrogens with two attached hydrogens (primary N) is 1. The van der Waals surface area contributed by atoms with Crippen LogP contribution in [0.2, 0.25) is 0 Å². The first-order valence-electron chi connectivity index (χ1n) is 9.21. The van der Waals surface area contributed by atoms with Crippen molar-refractivity contribution in [3.8, 4) is 0 Å². The Labute approximate surface area is 167 Å². The Balaban J connectivity index is 2.80. The van der Waals surface area contributed by atoms with Gasteiger partial charge in [0.15, 0.2) is 0 Å². The molecule has 1 fully saturated rings. The zero-order chi connectivity index (χ0) is 22.3. The van der Waals surface area contributed by atoms with E-state index in [1.807, 2.05) is 5.32 Å². The number of hydrogen-bond acceptors (Lipinski definition) is 7. The Morgan fingerprint density at radius 3 is 2.21 bits per heavy atom.